The molecule has 0 atom stereocenters. The van der Waals surface area contributed by atoms with Gasteiger partial charge in [0, 0.05) is 30.7 Å². The molecule has 0 aliphatic carbocycles. The molecule has 21 heavy (non-hydrogen) atoms. The van der Waals surface area contributed by atoms with Crippen LogP contribution in [0.1, 0.15) is 36.1 Å². The molecule has 0 unspecified atom stereocenters. The van der Waals surface area contributed by atoms with E-state index in [1.165, 1.54) is 54.9 Å². The summed E-state index contributed by atoms with van der Waals surface area (Å²) in [4.78, 5) is 7.16. The molecule has 1 aliphatic heterocycles. The summed E-state index contributed by atoms with van der Waals surface area (Å²) in [6, 6.07) is 13.0. The van der Waals surface area contributed by atoms with Gasteiger partial charge in [-0.15, -0.1) is 0 Å². The van der Waals surface area contributed by atoms with Crippen molar-refractivity contribution in [2.24, 2.45) is 0 Å². The van der Waals surface area contributed by atoms with Gasteiger partial charge in [0.25, 0.3) is 0 Å². The van der Waals surface area contributed by atoms with Crippen molar-refractivity contribution in [3.05, 3.63) is 59.4 Å². The summed E-state index contributed by atoms with van der Waals surface area (Å²) in [5.41, 5.74) is 5.30. The SMILES string of the molecule is Cc1cnc(CCc2ccccc2)cc1N1CCCCC1. The highest BCUT2D eigenvalue weighted by Gasteiger charge is 2.13. The minimum atomic E-state index is 1.02. The van der Waals surface area contributed by atoms with Gasteiger partial charge in [-0.2, -0.15) is 0 Å². The number of hydrogen-bond donors (Lipinski definition) is 0. The van der Waals surface area contributed by atoms with Crippen LogP contribution < -0.4 is 4.90 Å². The van der Waals surface area contributed by atoms with Crippen LogP contribution in [-0.2, 0) is 12.8 Å². The molecule has 0 bridgehead atoms. The zero-order valence-corrected chi connectivity index (χ0v) is 12.9. The number of aryl methyl sites for hydroxylation is 3. The summed E-state index contributed by atoms with van der Waals surface area (Å²) in [7, 11) is 0. The highest BCUT2D eigenvalue weighted by atomic mass is 15.1. The van der Waals surface area contributed by atoms with Gasteiger partial charge in [-0.1, -0.05) is 30.3 Å². The minimum Gasteiger partial charge on any atom is -0.371 e. The number of pyridine rings is 1. The number of benzene rings is 1. The number of anilines is 1. The Bertz CT molecular complexity index is 571. The average Bonchev–Trinajstić information content (AvgIpc) is 2.56. The summed E-state index contributed by atoms with van der Waals surface area (Å²) in [6.45, 7) is 4.57. The predicted octanol–water partition coefficient (Wildman–Crippen LogP) is 4.17. The Morgan fingerprint density at radius 3 is 2.52 bits per heavy atom. The van der Waals surface area contributed by atoms with Gasteiger partial charge in [0.2, 0.25) is 0 Å². The lowest BCUT2D eigenvalue weighted by molar-refractivity contribution is 0.576. The van der Waals surface area contributed by atoms with E-state index in [2.05, 4.69) is 53.2 Å². The Balaban J connectivity index is 1.71. The molecule has 2 aromatic rings. The quantitative estimate of drug-likeness (QED) is 0.835. The molecule has 2 heterocycles. The lowest BCUT2D eigenvalue weighted by Crippen LogP contribution is -2.30. The van der Waals surface area contributed by atoms with E-state index in [0.717, 1.165) is 12.8 Å². The normalized spacial score (nSPS) is 15.2. The summed E-state index contributed by atoms with van der Waals surface area (Å²) >= 11 is 0. The molecule has 0 spiro atoms. The smallest absolute Gasteiger partial charge is 0.0429 e. The highest BCUT2D eigenvalue weighted by molar-refractivity contribution is 5.53. The third kappa shape index (κ3) is 3.63. The van der Waals surface area contributed by atoms with Crippen molar-refractivity contribution in [1.29, 1.82) is 0 Å². The van der Waals surface area contributed by atoms with Crippen molar-refractivity contribution in [3.63, 3.8) is 0 Å². The largest absolute Gasteiger partial charge is 0.371 e. The predicted molar refractivity (Wildman–Crippen MR) is 88.9 cm³/mol. The van der Waals surface area contributed by atoms with Crippen molar-refractivity contribution in [2.75, 3.05) is 18.0 Å². The van der Waals surface area contributed by atoms with Crippen molar-refractivity contribution >= 4 is 5.69 Å². The van der Waals surface area contributed by atoms with Crippen LogP contribution in [0.25, 0.3) is 0 Å². The van der Waals surface area contributed by atoms with Gasteiger partial charge in [0.05, 0.1) is 0 Å². The molecule has 1 aromatic heterocycles. The molecule has 2 nitrogen and oxygen atoms in total. The fourth-order valence-corrected chi connectivity index (χ4v) is 3.08. The van der Waals surface area contributed by atoms with Gasteiger partial charge in [-0.25, -0.2) is 0 Å². The maximum atomic E-state index is 4.62. The standard InChI is InChI=1S/C19H24N2/c1-16-15-20-18(11-10-17-8-4-2-5-9-17)14-19(16)21-12-6-3-7-13-21/h2,4-5,8-9,14-15H,3,6-7,10-13H2,1H3. The monoisotopic (exact) mass is 280 g/mol. The van der Waals surface area contributed by atoms with Crippen LogP contribution in [0.3, 0.4) is 0 Å². The number of nitrogens with zero attached hydrogens (tertiary/aromatic N) is 2. The maximum absolute atomic E-state index is 4.62. The third-order valence-corrected chi connectivity index (χ3v) is 4.34. The van der Waals surface area contributed by atoms with Gasteiger partial charge in [0.15, 0.2) is 0 Å². The molecule has 3 rings (SSSR count). The molecule has 0 amide bonds. The van der Waals surface area contributed by atoms with Crippen LogP contribution in [0.15, 0.2) is 42.6 Å². The molecule has 1 aliphatic rings. The van der Waals surface area contributed by atoms with Gasteiger partial charge in [-0.05, 0) is 56.2 Å². The van der Waals surface area contributed by atoms with E-state index >= 15 is 0 Å². The molecule has 110 valence electrons. The van der Waals surface area contributed by atoms with E-state index in [4.69, 9.17) is 0 Å². The molecule has 0 N–H and O–H groups in total. The molecule has 2 heteroatoms. The van der Waals surface area contributed by atoms with E-state index in [1.807, 2.05) is 6.20 Å². The molecule has 0 radical (unpaired) electrons. The Kier molecular flexibility index (Phi) is 4.54. The van der Waals surface area contributed by atoms with Crippen LogP contribution in [0, 0.1) is 6.92 Å². The van der Waals surface area contributed by atoms with Crippen LogP contribution in [0.4, 0.5) is 5.69 Å². The third-order valence-electron chi connectivity index (χ3n) is 4.34. The first-order valence-electron chi connectivity index (χ1n) is 8.07. The second-order valence-electron chi connectivity index (χ2n) is 6.00. The minimum absolute atomic E-state index is 1.02. The maximum Gasteiger partial charge on any atom is 0.0429 e. The first kappa shape index (κ1) is 14.1. The van der Waals surface area contributed by atoms with Crippen LogP contribution in [0.2, 0.25) is 0 Å². The molecule has 1 fully saturated rings. The summed E-state index contributed by atoms with van der Waals surface area (Å²) < 4.78 is 0. The van der Waals surface area contributed by atoms with E-state index in [9.17, 15) is 0 Å². The van der Waals surface area contributed by atoms with Gasteiger partial charge >= 0.3 is 0 Å². The number of aromatic nitrogens is 1. The Morgan fingerprint density at radius 2 is 1.76 bits per heavy atom. The second-order valence-corrected chi connectivity index (χ2v) is 6.00. The lowest BCUT2D eigenvalue weighted by Gasteiger charge is -2.30. The summed E-state index contributed by atoms with van der Waals surface area (Å²) in [5.74, 6) is 0. The number of hydrogen-bond acceptors (Lipinski definition) is 2. The van der Waals surface area contributed by atoms with Crippen molar-refractivity contribution in [3.8, 4) is 0 Å². The van der Waals surface area contributed by atoms with E-state index < -0.39 is 0 Å². The molecular weight excluding hydrogens is 256 g/mol. The van der Waals surface area contributed by atoms with Crippen molar-refractivity contribution in [2.45, 2.75) is 39.0 Å². The molecule has 0 saturated carbocycles. The molecular formula is C19H24N2. The van der Waals surface area contributed by atoms with Crippen molar-refractivity contribution < 1.29 is 0 Å². The molecule has 1 aromatic carbocycles. The lowest BCUT2D eigenvalue weighted by atomic mass is 10.1. The van der Waals surface area contributed by atoms with Crippen LogP contribution >= 0.6 is 0 Å². The van der Waals surface area contributed by atoms with Gasteiger partial charge in [-0.3, -0.25) is 4.98 Å². The first-order chi connectivity index (χ1) is 10.3. The Hall–Kier alpha value is -1.83. The Morgan fingerprint density at radius 1 is 1.00 bits per heavy atom. The fraction of sp³-hybridized carbons (Fsp3) is 0.421. The van der Waals surface area contributed by atoms with Crippen LogP contribution in [-0.4, -0.2) is 18.1 Å². The summed E-state index contributed by atoms with van der Waals surface area (Å²) in [5, 5.41) is 0. The Labute approximate surface area is 127 Å². The van der Waals surface area contributed by atoms with Gasteiger partial charge < -0.3 is 4.90 Å². The van der Waals surface area contributed by atoms with E-state index in [1.54, 1.807) is 0 Å². The zero-order chi connectivity index (χ0) is 14.5. The van der Waals surface area contributed by atoms with Crippen molar-refractivity contribution in [1.82, 2.24) is 4.98 Å². The highest BCUT2D eigenvalue weighted by Crippen LogP contribution is 2.24. The first-order valence-corrected chi connectivity index (χ1v) is 8.07. The summed E-state index contributed by atoms with van der Waals surface area (Å²) in [6.07, 6.45) is 8.15. The zero-order valence-electron chi connectivity index (χ0n) is 12.9. The average molecular weight is 280 g/mol. The van der Waals surface area contributed by atoms with Gasteiger partial charge in [0.1, 0.15) is 0 Å². The van der Waals surface area contributed by atoms with E-state index in [0.29, 0.717) is 0 Å². The second kappa shape index (κ2) is 6.75. The number of rotatable bonds is 4. The van der Waals surface area contributed by atoms with E-state index in [-0.39, 0.29) is 0 Å². The number of piperidine rings is 1. The molecule has 1 saturated heterocycles. The van der Waals surface area contributed by atoms with Crippen LogP contribution in [0.5, 0.6) is 0 Å². The topological polar surface area (TPSA) is 16.1 Å². The fourth-order valence-electron chi connectivity index (χ4n) is 3.08.